The third kappa shape index (κ3) is 6.68. The van der Waals surface area contributed by atoms with Crippen LogP contribution in [0.1, 0.15) is 24.0 Å². The van der Waals surface area contributed by atoms with E-state index in [4.69, 9.17) is 6.42 Å². The highest BCUT2D eigenvalue weighted by Crippen LogP contribution is 2.26. The van der Waals surface area contributed by atoms with Gasteiger partial charge in [0.15, 0.2) is 5.69 Å². The number of nitrogens with one attached hydrogen (secondary N) is 2. The van der Waals surface area contributed by atoms with E-state index in [-0.39, 0.29) is 17.2 Å². The van der Waals surface area contributed by atoms with Gasteiger partial charge in [0.25, 0.3) is 0 Å². The predicted octanol–water partition coefficient (Wildman–Crippen LogP) is 3.86. The molecule has 0 saturated carbocycles. The standard InChI is InChI=1S/C28H28FN9O3/c1-6-18-13-19(10-11-21(18)29)33-27-20-14-24(30-15-22(20)31-17-32-27)34-26(39)9-8-12-38(4,5)16-23-28(37(40)41)35-25(7-2)36(23)3/h1,8-11,13-15,17H,7,12,16H2,2-5H3,(H-,30,31,32,33,34,39)/p+1/b9-8+. The number of halogens is 1. The van der Waals surface area contributed by atoms with Crippen LogP contribution in [0.3, 0.4) is 0 Å². The number of rotatable bonds is 10. The smallest absolute Gasteiger partial charge is 0.358 e. The van der Waals surface area contributed by atoms with E-state index in [9.17, 15) is 19.3 Å². The molecule has 0 spiro atoms. The highest BCUT2D eigenvalue weighted by atomic mass is 19.1. The van der Waals surface area contributed by atoms with E-state index in [1.54, 1.807) is 23.8 Å². The largest absolute Gasteiger partial charge is 0.391 e. The number of pyridine rings is 1. The number of carbonyl (C=O) groups excluding carboxylic acids is 1. The van der Waals surface area contributed by atoms with Gasteiger partial charge in [0.05, 0.1) is 37.9 Å². The first-order chi connectivity index (χ1) is 19.5. The Kier molecular flexibility index (Phi) is 8.34. The number of aromatic nitrogens is 5. The quantitative estimate of drug-likeness (QED) is 0.0983. The topological polar surface area (TPSA) is 141 Å². The lowest BCUT2D eigenvalue weighted by Gasteiger charge is -2.28. The number of nitro groups is 1. The molecule has 0 aliphatic heterocycles. The fraction of sp³-hybridized carbons (Fsp3) is 0.250. The number of fused-ring (bicyclic) bond motifs is 1. The first-order valence-corrected chi connectivity index (χ1v) is 12.6. The summed E-state index contributed by atoms with van der Waals surface area (Å²) >= 11 is 0. The van der Waals surface area contributed by atoms with Crippen LogP contribution in [0, 0.1) is 28.3 Å². The highest BCUT2D eigenvalue weighted by Gasteiger charge is 2.30. The molecule has 0 atom stereocenters. The minimum Gasteiger partial charge on any atom is -0.358 e. The van der Waals surface area contributed by atoms with Crippen LogP contribution in [0.15, 0.2) is 48.9 Å². The SMILES string of the molecule is C#Cc1cc(Nc2ncnc3cnc(NC(=O)/C=C/C[N+](C)(C)Cc4c([N+](=O)[O-])nc(CC)n4C)cc23)ccc1F. The number of hydrogen-bond acceptors (Lipinski definition) is 8. The van der Waals surface area contributed by atoms with Crippen LogP contribution < -0.4 is 10.6 Å². The van der Waals surface area contributed by atoms with Crippen LogP contribution >= 0.6 is 0 Å². The van der Waals surface area contributed by atoms with E-state index in [2.05, 4.69) is 36.5 Å². The second-order valence-corrected chi connectivity index (χ2v) is 9.91. The molecule has 41 heavy (non-hydrogen) atoms. The molecule has 3 aromatic heterocycles. The van der Waals surface area contributed by atoms with Crippen molar-refractivity contribution >= 4 is 40.0 Å². The van der Waals surface area contributed by atoms with Gasteiger partial charge in [-0.1, -0.05) is 12.8 Å². The minimum absolute atomic E-state index is 0.112. The highest BCUT2D eigenvalue weighted by molar-refractivity contribution is 6.00. The third-order valence-electron chi connectivity index (χ3n) is 6.38. The number of nitrogens with zero attached hydrogens (tertiary/aromatic N) is 7. The van der Waals surface area contributed by atoms with Crippen LogP contribution in [0.5, 0.6) is 0 Å². The summed E-state index contributed by atoms with van der Waals surface area (Å²) in [5.41, 5.74) is 1.70. The number of aryl methyl sites for hydroxylation is 1. The second-order valence-electron chi connectivity index (χ2n) is 9.91. The summed E-state index contributed by atoms with van der Waals surface area (Å²) in [4.78, 5) is 40.6. The van der Waals surface area contributed by atoms with Crippen molar-refractivity contribution < 1.29 is 18.6 Å². The Morgan fingerprint density at radius 1 is 1.27 bits per heavy atom. The van der Waals surface area contributed by atoms with E-state index in [1.165, 1.54) is 36.8 Å². The maximum Gasteiger partial charge on any atom is 0.391 e. The number of benzene rings is 1. The lowest BCUT2D eigenvalue weighted by atomic mass is 10.2. The van der Waals surface area contributed by atoms with Gasteiger partial charge in [0.1, 0.15) is 30.3 Å². The number of anilines is 3. The monoisotopic (exact) mass is 558 g/mol. The summed E-state index contributed by atoms with van der Waals surface area (Å²) < 4.78 is 15.9. The number of amides is 1. The Morgan fingerprint density at radius 2 is 2.05 bits per heavy atom. The number of quaternary nitrogens is 1. The molecule has 2 N–H and O–H groups in total. The summed E-state index contributed by atoms with van der Waals surface area (Å²) in [5, 5.41) is 17.9. The average molecular weight is 559 g/mol. The number of likely N-dealkylation sites (N-methyl/N-ethyl adjacent to an activating group) is 1. The Labute approximate surface area is 235 Å². The fourth-order valence-electron chi connectivity index (χ4n) is 4.27. The molecule has 1 aromatic carbocycles. The Balaban J connectivity index is 1.45. The van der Waals surface area contributed by atoms with E-state index in [0.717, 1.165) is 0 Å². The van der Waals surface area contributed by atoms with Gasteiger partial charge >= 0.3 is 5.82 Å². The van der Waals surface area contributed by atoms with Gasteiger partial charge in [-0.15, -0.1) is 6.42 Å². The van der Waals surface area contributed by atoms with Gasteiger partial charge < -0.3 is 29.8 Å². The summed E-state index contributed by atoms with van der Waals surface area (Å²) in [6.07, 6.45) is 11.9. The normalized spacial score (nSPS) is 11.5. The van der Waals surface area contributed by atoms with Crippen molar-refractivity contribution in [2.24, 2.45) is 7.05 Å². The Hall–Kier alpha value is -5.22. The molecule has 0 aliphatic rings. The van der Waals surface area contributed by atoms with Gasteiger partial charge in [-0.05, 0) is 40.2 Å². The molecule has 0 bridgehead atoms. The molecular formula is C28H29FN9O3+. The molecular weight excluding hydrogens is 529 g/mol. The summed E-state index contributed by atoms with van der Waals surface area (Å²) in [6, 6.07) is 5.92. The molecule has 3 heterocycles. The molecule has 4 aromatic rings. The molecule has 0 saturated heterocycles. The first kappa shape index (κ1) is 28.8. The lowest BCUT2D eigenvalue weighted by molar-refractivity contribution is -0.898. The summed E-state index contributed by atoms with van der Waals surface area (Å²) in [6.45, 7) is 2.68. The van der Waals surface area contributed by atoms with Gasteiger partial charge in [0.2, 0.25) is 11.7 Å². The van der Waals surface area contributed by atoms with E-state index >= 15 is 0 Å². The molecule has 210 valence electrons. The zero-order valence-electron chi connectivity index (χ0n) is 23.1. The van der Waals surface area contributed by atoms with Crippen molar-refractivity contribution in [2.75, 3.05) is 31.3 Å². The molecule has 12 nitrogen and oxygen atoms in total. The molecule has 0 fully saturated rings. The van der Waals surface area contributed by atoms with Crippen LogP contribution in [-0.2, 0) is 24.8 Å². The zero-order chi connectivity index (χ0) is 29.7. The fourth-order valence-corrected chi connectivity index (χ4v) is 4.27. The molecule has 13 heteroatoms. The predicted molar refractivity (Wildman–Crippen MR) is 153 cm³/mol. The van der Waals surface area contributed by atoms with Crippen molar-refractivity contribution in [2.45, 2.75) is 19.9 Å². The van der Waals surface area contributed by atoms with Gasteiger partial charge in [-0.25, -0.2) is 19.3 Å². The van der Waals surface area contributed by atoms with Crippen LogP contribution in [-0.4, -0.2) is 60.5 Å². The first-order valence-electron chi connectivity index (χ1n) is 12.6. The van der Waals surface area contributed by atoms with Crippen LogP contribution in [0.2, 0.25) is 0 Å². The van der Waals surface area contributed by atoms with Crippen LogP contribution in [0.4, 0.5) is 27.5 Å². The maximum atomic E-state index is 13.8. The molecule has 1 amide bonds. The zero-order valence-corrected chi connectivity index (χ0v) is 23.1. The minimum atomic E-state index is -0.501. The Bertz CT molecular complexity index is 1710. The molecule has 0 unspecified atom stereocenters. The summed E-state index contributed by atoms with van der Waals surface area (Å²) in [5.74, 6) is 2.59. The van der Waals surface area contributed by atoms with Crippen molar-refractivity contribution in [3.63, 3.8) is 0 Å². The maximum absolute atomic E-state index is 13.8. The van der Waals surface area contributed by atoms with E-state index in [1.807, 2.05) is 21.0 Å². The van der Waals surface area contributed by atoms with Crippen molar-refractivity contribution in [3.05, 3.63) is 82.0 Å². The lowest BCUT2D eigenvalue weighted by Crippen LogP contribution is -2.39. The van der Waals surface area contributed by atoms with Gasteiger partial charge in [0, 0.05) is 30.6 Å². The molecule has 4 rings (SSSR count). The van der Waals surface area contributed by atoms with Crippen molar-refractivity contribution in [1.82, 2.24) is 24.5 Å². The number of terminal acetylenes is 1. The van der Waals surface area contributed by atoms with Crippen molar-refractivity contribution in [1.29, 1.82) is 0 Å². The van der Waals surface area contributed by atoms with Crippen molar-refractivity contribution in [3.8, 4) is 12.3 Å². The van der Waals surface area contributed by atoms with E-state index in [0.29, 0.717) is 57.9 Å². The average Bonchev–Trinajstić information content (AvgIpc) is 3.24. The molecule has 0 aliphatic carbocycles. The number of hydrogen-bond donors (Lipinski definition) is 2. The molecule has 0 radical (unpaired) electrons. The number of carbonyl (C=O) groups is 1. The van der Waals surface area contributed by atoms with E-state index < -0.39 is 16.6 Å². The third-order valence-corrected chi connectivity index (χ3v) is 6.38. The Morgan fingerprint density at radius 3 is 2.76 bits per heavy atom. The number of imidazole rings is 1. The van der Waals surface area contributed by atoms with Crippen LogP contribution in [0.25, 0.3) is 10.9 Å². The second kappa shape index (κ2) is 11.9. The summed E-state index contributed by atoms with van der Waals surface area (Å²) in [7, 11) is 5.60. The van der Waals surface area contributed by atoms with Gasteiger partial charge in [-0.2, -0.15) is 0 Å². The van der Waals surface area contributed by atoms with Gasteiger partial charge in [-0.3, -0.25) is 4.79 Å².